The minimum absolute atomic E-state index is 0.109. The highest BCUT2D eigenvalue weighted by atomic mass is 16.8. The number of ether oxygens (including phenoxy) is 10. The fourth-order valence-electron chi connectivity index (χ4n) is 17.0. The van der Waals surface area contributed by atoms with E-state index < -0.39 is 206 Å². The predicted octanol–water partition coefficient (Wildman–Crippen LogP) is -1.92. The summed E-state index contributed by atoms with van der Waals surface area (Å²) < 4.78 is 60.3. The zero-order valence-electron chi connectivity index (χ0n) is 49.3. The number of aliphatic hydroxyl groups excluding tert-OH is 13. The summed E-state index contributed by atoms with van der Waals surface area (Å²) in [5.41, 5.74) is -3.28. The van der Waals surface area contributed by atoms with Crippen LogP contribution in [0.4, 0.5) is 0 Å². The van der Waals surface area contributed by atoms with Crippen LogP contribution in [0.5, 0.6) is 0 Å². The molecule has 4 heterocycles. The normalized spacial score (nSPS) is 51.8. The molecule has 84 heavy (non-hydrogen) atoms. The second-order valence-corrected chi connectivity index (χ2v) is 27.5. The lowest BCUT2D eigenvalue weighted by atomic mass is 9.33. The molecule has 0 unspecified atom stereocenters. The van der Waals surface area contributed by atoms with Crippen molar-refractivity contribution in [3.05, 3.63) is 11.6 Å². The summed E-state index contributed by atoms with van der Waals surface area (Å²) in [5, 5.41) is 142. The fourth-order valence-corrected chi connectivity index (χ4v) is 17.0. The van der Waals surface area contributed by atoms with Gasteiger partial charge in [0.05, 0.1) is 43.5 Å². The Kier molecular flexibility index (Phi) is 19.0. The zero-order chi connectivity index (χ0) is 61.7. The molecule has 9 rings (SSSR count). The maximum absolute atomic E-state index is 15.9. The molecule has 480 valence electrons. The molecule has 30 atom stereocenters. The first-order valence-corrected chi connectivity index (χ1v) is 29.7. The summed E-state index contributed by atoms with van der Waals surface area (Å²) in [4.78, 5) is 40.8. The maximum Gasteiger partial charge on any atom is 0.315 e. The zero-order valence-corrected chi connectivity index (χ0v) is 49.3. The summed E-state index contributed by atoms with van der Waals surface area (Å²) in [6.45, 7) is 14.3. The lowest BCUT2D eigenvalue weighted by Crippen LogP contribution is -2.70. The van der Waals surface area contributed by atoms with Crippen molar-refractivity contribution in [2.24, 2.45) is 50.2 Å². The molecule has 5 aliphatic carbocycles. The Morgan fingerprint density at radius 3 is 1.69 bits per heavy atom. The molecule has 0 aromatic heterocycles. The lowest BCUT2D eigenvalue weighted by Gasteiger charge is -2.71. The monoisotopic (exact) mass is 1200 g/mol. The number of aliphatic hydroxyl groups is 13. The number of rotatable bonds is 14. The van der Waals surface area contributed by atoms with E-state index in [4.69, 9.17) is 47.4 Å². The van der Waals surface area contributed by atoms with Crippen LogP contribution in [0, 0.1) is 50.2 Å². The molecule has 0 aromatic rings. The molecule has 0 spiro atoms. The number of hydrogen-bond acceptors (Lipinski definition) is 26. The summed E-state index contributed by atoms with van der Waals surface area (Å²) in [7, 11) is 0. The topological polar surface area (TPSA) is 407 Å². The molecule has 0 aromatic carbocycles. The Labute approximate surface area is 488 Å². The van der Waals surface area contributed by atoms with Gasteiger partial charge in [-0.25, -0.2) is 0 Å². The third-order valence-electron chi connectivity index (χ3n) is 22.0. The van der Waals surface area contributed by atoms with Gasteiger partial charge in [0.15, 0.2) is 25.0 Å². The predicted molar refractivity (Wildman–Crippen MR) is 283 cm³/mol. The van der Waals surface area contributed by atoms with E-state index in [0.29, 0.717) is 51.4 Å². The Morgan fingerprint density at radius 2 is 1.11 bits per heavy atom. The van der Waals surface area contributed by atoms with Crippen molar-refractivity contribution < 1.29 is 128 Å². The van der Waals surface area contributed by atoms with E-state index in [0.717, 1.165) is 12.5 Å². The van der Waals surface area contributed by atoms with Crippen molar-refractivity contribution in [2.45, 2.75) is 255 Å². The molecule has 0 radical (unpaired) electrons. The van der Waals surface area contributed by atoms with Crippen LogP contribution < -0.4 is 0 Å². The van der Waals surface area contributed by atoms with Crippen LogP contribution in [0.25, 0.3) is 0 Å². The number of hydrogen-bond donors (Lipinski definition) is 13. The molecule has 4 saturated carbocycles. The Bertz CT molecular complexity index is 2390. The summed E-state index contributed by atoms with van der Waals surface area (Å²) in [6.07, 6.45) is -30.5. The van der Waals surface area contributed by atoms with Gasteiger partial charge in [0, 0.05) is 19.3 Å². The molecule has 13 N–H and O–H groups in total. The van der Waals surface area contributed by atoms with Crippen LogP contribution in [-0.2, 0) is 61.8 Å². The summed E-state index contributed by atoms with van der Waals surface area (Å²) >= 11 is 0. The quantitative estimate of drug-likeness (QED) is 0.0390. The first-order valence-electron chi connectivity index (χ1n) is 29.7. The van der Waals surface area contributed by atoms with E-state index >= 15 is 4.79 Å². The molecular weight excluding hydrogens is 1110 g/mol. The minimum atomic E-state index is -2.02. The Balaban J connectivity index is 1.06. The van der Waals surface area contributed by atoms with E-state index in [-0.39, 0.29) is 30.3 Å². The number of fused-ring (bicyclic) bond motifs is 7. The smallest absolute Gasteiger partial charge is 0.315 e. The number of carbonyl (C=O) groups is 3. The average Bonchev–Trinajstić information content (AvgIpc) is 0.697. The van der Waals surface area contributed by atoms with E-state index in [1.165, 1.54) is 13.8 Å². The SMILES string of the molecule is CC(=O)OC[C@H]1O[C@@H](OC(=O)[C@]23CCC(C)(C)C[C@H]2C2=CC[C@@H]4[C@@]5(C)C[C@H](O)[C@H](O[C@@H]6O[C@H](CO)[C@@H](O)[C@H](O)[C@H]6O)[C@@](C)(COC(C)=O)[C@@H]5CC[C@@]4(C)[C@]2(C)CC3)[C@H](O[C@@H]2O[C@@H](C)[C@H](O)[C@@H](O)[C@H]2O)[C@@H](O[C@@H]2O[C@H](CO)[C@@H](O)[C@H](O)[C@H]2O)[C@@H]1O. The lowest BCUT2D eigenvalue weighted by molar-refractivity contribution is -0.387. The van der Waals surface area contributed by atoms with Crippen molar-refractivity contribution in [1.29, 1.82) is 0 Å². The summed E-state index contributed by atoms with van der Waals surface area (Å²) in [6, 6.07) is 0. The van der Waals surface area contributed by atoms with E-state index in [1.54, 1.807) is 0 Å². The van der Waals surface area contributed by atoms with Gasteiger partial charge in [0.1, 0.15) is 92.1 Å². The van der Waals surface area contributed by atoms with Gasteiger partial charge < -0.3 is 114 Å². The van der Waals surface area contributed by atoms with Gasteiger partial charge in [-0.05, 0) is 104 Å². The molecular formula is C58H92O26. The van der Waals surface area contributed by atoms with Crippen molar-refractivity contribution in [3.8, 4) is 0 Å². The van der Waals surface area contributed by atoms with Gasteiger partial charge >= 0.3 is 17.9 Å². The number of allylic oxidation sites excluding steroid dienone is 2. The first kappa shape index (κ1) is 65.8. The molecule has 8 fully saturated rings. The third-order valence-corrected chi connectivity index (χ3v) is 22.0. The van der Waals surface area contributed by atoms with Crippen LogP contribution in [0.15, 0.2) is 11.6 Å². The van der Waals surface area contributed by atoms with Crippen LogP contribution in [0.3, 0.4) is 0 Å². The van der Waals surface area contributed by atoms with Gasteiger partial charge in [-0.2, -0.15) is 0 Å². The van der Waals surface area contributed by atoms with E-state index in [1.807, 2.05) is 6.92 Å². The first-order chi connectivity index (χ1) is 39.2. The van der Waals surface area contributed by atoms with Crippen LogP contribution >= 0.6 is 0 Å². The standard InChI is InChI=1S/C58H92O26/c1-24-35(64)39(68)42(71)48(77-24)82-46-45(81-49-43(72)40(69)36(65)30(20-59)78-49)38(67)32(22-75-25(2)61)80-51(46)84-52(74)58-16-14-53(4,5)18-28(58)27-10-11-34-54(6)19-29(63)47(83-50-44(73)41(70)37(66)31(21-60)79-50)55(7,23-76-26(3)62)33(54)12-13-57(34,9)56(27,8)15-17-58/h10,24,28-51,59-60,63-73H,11-23H2,1-9H3/t24-,28-,29-,30+,31+,32+,33+,34+,35-,36+,37+,38+,39+,40-,41-,42+,43+,44+,45-,46+,47-,48-,49-,50-,51-,54-,55-,56+,57+,58-/m0/s1. The van der Waals surface area contributed by atoms with Gasteiger partial charge in [-0.3, -0.25) is 14.4 Å². The van der Waals surface area contributed by atoms with Crippen LogP contribution in [0.2, 0.25) is 0 Å². The van der Waals surface area contributed by atoms with Gasteiger partial charge in [0.25, 0.3) is 0 Å². The number of carbonyl (C=O) groups excluding carboxylic acids is 3. The second-order valence-electron chi connectivity index (χ2n) is 27.5. The van der Waals surface area contributed by atoms with Crippen molar-refractivity contribution >= 4 is 17.9 Å². The highest BCUT2D eigenvalue weighted by Crippen LogP contribution is 2.76. The van der Waals surface area contributed by atoms with E-state index in [9.17, 15) is 76.0 Å². The number of esters is 3. The van der Waals surface area contributed by atoms with Gasteiger partial charge in [-0.1, -0.05) is 53.2 Å². The maximum atomic E-state index is 15.9. The van der Waals surface area contributed by atoms with Crippen LogP contribution in [0.1, 0.15) is 120 Å². The van der Waals surface area contributed by atoms with Crippen molar-refractivity contribution in [2.75, 3.05) is 26.4 Å². The van der Waals surface area contributed by atoms with Gasteiger partial charge in [-0.15, -0.1) is 0 Å². The average molecular weight is 1210 g/mol. The molecule has 26 nitrogen and oxygen atoms in total. The van der Waals surface area contributed by atoms with Gasteiger partial charge in [0.2, 0.25) is 6.29 Å². The molecule has 26 heteroatoms. The fraction of sp³-hybridized carbons (Fsp3) is 0.914. The van der Waals surface area contributed by atoms with Crippen molar-refractivity contribution in [3.63, 3.8) is 0 Å². The minimum Gasteiger partial charge on any atom is -0.465 e. The molecule has 0 bridgehead atoms. The largest absolute Gasteiger partial charge is 0.465 e. The Hall–Kier alpha value is -2.65. The highest BCUT2D eigenvalue weighted by Gasteiger charge is 2.72. The van der Waals surface area contributed by atoms with E-state index in [2.05, 4.69) is 40.7 Å². The molecule has 4 saturated heterocycles. The highest BCUT2D eigenvalue weighted by molar-refractivity contribution is 5.79. The third kappa shape index (κ3) is 11.2. The Morgan fingerprint density at radius 1 is 0.571 bits per heavy atom. The summed E-state index contributed by atoms with van der Waals surface area (Å²) in [5.74, 6) is -2.88. The second kappa shape index (κ2) is 24.3. The molecule has 9 aliphatic rings. The van der Waals surface area contributed by atoms with Crippen molar-refractivity contribution in [1.82, 2.24) is 0 Å². The molecule has 0 amide bonds. The molecule has 4 aliphatic heterocycles. The van der Waals surface area contributed by atoms with Crippen LogP contribution in [-0.4, -0.2) is 246 Å².